The first-order valence-electron chi connectivity index (χ1n) is 8.58. The molecule has 0 amide bonds. The number of aryl methyl sites for hydroxylation is 1. The van der Waals surface area contributed by atoms with Crippen LogP contribution in [0.3, 0.4) is 0 Å². The maximum absolute atomic E-state index is 12.9. The van der Waals surface area contributed by atoms with Gasteiger partial charge in [0.1, 0.15) is 5.75 Å². The molecule has 0 bridgehead atoms. The third-order valence-electron chi connectivity index (χ3n) is 3.71. The van der Waals surface area contributed by atoms with Gasteiger partial charge in [0.2, 0.25) is 0 Å². The van der Waals surface area contributed by atoms with Gasteiger partial charge in [0, 0.05) is 11.3 Å². The van der Waals surface area contributed by atoms with Gasteiger partial charge in [0.05, 0.1) is 22.2 Å². The van der Waals surface area contributed by atoms with Crippen LogP contribution in [0.4, 0.5) is 26.3 Å². The first-order chi connectivity index (χ1) is 14.3. The quantitative estimate of drug-likeness (QED) is 0.217. The van der Waals surface area contributed by atoms with Crippen molar-refractivity contribution in [1.82, 2.24) is 0 Å². The van der Waals surface area contributed by atoms with Gasteiger partial charge in [-0.05, 0) is 61.0 Å². The van der Waals surface area contributed by atoms with Gasteiger partial charge >= 0.3 is 17.7 Å². The third-order valence-corrected chi connectivity index (χ3v) is 5.12. The van der Waals surface area contributed by atoms with E-state index in [1.165, 1.54) is 12.1 Å². The van der Waals surface area contributed by atoms with Crippen LogP contribution in [0.2, 0.25) is 10.0 Å². The van der Waals surface area contributed by atoms with Crippen LogP contribution in [0.1, 0.15) is 24.5 Å². The van der Waals surface area contributed by atoms with Crippen molar-refractivity contribution < 1.29 is 40.6 Å². The van der Waals surface area contributed by atoms with Crippen molar-refractivity contribution >= 4 is 40.9 Å². The Bertz CT molecular complexity index is 924. The molecule has 0 aliphatic carbocycles. The number of carbonyl (C=O) groups is 1. The van der Waals surface area contributed by atoms with Crippen LogP contribution in [0.15, 0.2) is 35.2 Å². The number of thioether (sulfide) groups is 1. The molecule has 0 unspecified atom stereocenters. The Kier molecular flexibility index (Phi) is 8.40. The summed E-state index contributed by atoms with van der Waals surface area (Å²) in [5, 5.41) is -0.858. The summed E-state index contributed by atoms with van der Waals surface area (Å²) in [6.45, 7) is 1.71. The summed E-state index contributed by atoms with van der Waals surface area (Å²) in [6, 6.07) is 4.79. The molecule has 2 aromatic rings. The fourth-order valence-electron chi connectivity index (χ4n) is 2.45. The van der Waals surface area contributed by atoms with Crippen molar-refractivity contribution in [3.05, 3.63) is 51.5 Å². The van der Waals surface area contributed by atoms with E-state index in [2.05, 4.69) is 0 Å². The van der Waals surface area contributed by atoms with Crippen molar-refractivity contribution in [3.8, 4) is 11.5 Å². The lowest BCUT2D eigenvalue weighted by atomic mass is 10.1. The summed E-state index contributed by atoms with van der Waals surface area (Å²) in [6.07, 6.45) is -4.93. The molecule has 0 heterocycles. The number of benzene rings is 2. The van der Waals surface area contributed by atoms with Crippen molar-refractivity contribution in [2.45, 2.75) is 36.3 Å². The maximum Gasteiger partial charge on any atom is 0.446 e. The molecule has 0 spiro atoms. The average molecular weight is 507 g/mol. The van der Waals surface area contributed by atoms with Crippen LogP contribution in [0.25, 0.3) is 0 Å². The van der Waals surface area contributed by atoms with Crippen LogP contribution in [0, 0.1) is 0 Å². The van der Waals surface area contributed by atoms with E-state index in [0.29, 0.717) is 12.1 Å². The highest BCUT2D eigenvalue weighted by molar-refractivity contribution is 8.00. The van der Waals surface area contributed by atoms with E-state index in [1.54, 1.807) is 6.92 Å². The molecule has 0 saturated heterocycles. The molecule has 0 aliphatic heterocycles. The average Bonchev–Trinajstić information content (AvgIpc) is 2.62. The standard InChI is InChI=1S/C19H14Cl2F6O3S/c1-2-29-16(28)6-3-10-7-12(4-5-15(10)31-19(25,26)27)30-17-13(20)8-11(9-14(17)21)18(22,23)24/h4-5,7-9H,2-3,6H2,1H3. The van der Waals surface area contributed by atoms with E-state index >= 15 is 0 Å². The van der Waals surface area contributed by atoms with Crippen molar-refractivity contribution in [3.63, 3.8) is 0 Å². The Morgan fingerprint density at radius 2 is 1.65 bits per heavy atom. The van der Waals surface area contributed by atoms with Gasteiger partial charge in [-0.1, -0.05) is 23.2 Å². The lowest BCUT2D eigenvalue weighted by Gasteiger charge is -2.16. The summed E-state index contributed by atoms with van der Waals surface area (Å²) < 4.78 is 87.3. The van der Waals surface area contributed by atoms with Crippen LogP contribution >= 0.6 is 35.0 Å². The summed E-state index contributed by atoms with van der Waals surface area (Å²) >= 11 is 11.4. The first kappa shape index (κ1) is 25.5. The zero-order valence-corrected chi connectivity index (χ0v) is 18.0. The van der Waals surface area contributed by atoms with E-state index in [1.807, 2.05) is 0 Å². The van der Waals surface area contributed by atoms with Gasteiger partial charge in [-0.2, -0.15) is 26.3 Å². The zero-order valence-electron chi connectivity index (χ0n) is 15.7. The summed E-state index contributed by atoms with van der Waals surface area (Å²) in [5.74, 6) is -0.900. The zero-order chi connectivity index (χ0) is 23.4. The summed E-state index contributed by atoms with van der Waals surface area (Å²) in [4.78, 5) is 11.4. The Labute approximate surface area is 187 Å². The highest BCUT2D eigenvalue weighted by Gasteiger charge is 2.33. The molecule has 0 atom stereocenters. The molecule has 2 rings (SSSR count). The van der Waals surface area contributed by atoms with Crippen LogP contribution in [-0.2, 0) is 22.1 Å². The molecule has 0 fully saturated rings. The molecule has 3 nitrogen and oxygen atoms in total. The molecule has 31 heavy (non-hydrogen) atoms. The molecular weight excluding hydrogens is 493 g/mol. The topological polar surface area (TPSA) is 35.5 Å². The van der Waals surface area contributed by atoms with E-state index < -0.39 is 33.3 Å². The molecule has 12 heteroatoms. The molecule has 0 aliphatic rings. The van der Waals surface area contributed by atoms with Crippen molar-refractivity contribution in [2.75, 3.05) is 6.61 Å². The van der Waals surface area contributed by atoms with Crippen molar-refractivity contribution in [1.29, 1.82) is 0 Å². The first-order valence-corrected chi connectivity index (χ1v) is 10.2. The number of ether oxygens (including phenoxy) is 2. The van der Waals surface area contributed by atoms with Gasteiger partial charge in [-0.3, -0.25) is 4.79 Å². The summed E-state index contributed by atoms with van der Waals surface area (Å²) in [5.41, 5.74) is -5.52. The highest BCUT2D eigenvalue weighted by atomic mass is 35.5. The second-order valence-electron chi connectivity index (χ2n) is 5.99. The molecule has 0 radical (unpaired) electrons. The molecule has 2 aromatic carbocycles. The molecule has 170 valence electrons. The lowest BCUT2D eigenvalue weighted by molar-refractivity contribution is -0.143. The van der Waals surface area contributed by atoms with Crippen LogP contribution < -0.4 is 4.74 Å². The number of alkyl halides is 6. The fraction of sp³-hybridized carbons (Fsp3) is 0.316. The number of rotatable bonds is 7. The van der Waals surface area contributed by atoms with Gasteiger partial charge in [0.25, 0.3) is 0 Å². The van der Waals surface area contributed by atoms with Gasteiger partial charge in [-0.25, -0.2) is 0 Å². The summed E-state index contributed by atoms with van der Waals surface area (Å²) in [7, 11) is 0. The maximum atomic E-state index is 12.9. The van der Waals surface area contributed by atoms with Gasteiger partial charge in [0.15, 0.2) is 5.75 Å². The van der Waals surface area contributed by atoms with E-state index in [0.717, 1.165) is 6.07 Å². The number of halogens is 8. The predicted octanol–water partition coefficient (Wildman–Crippen LogP) is 7.91. The largest absolute Gasteiger partial charge is 0.466 e. The highest BCUT2D eigenvalue weighted by Crippen LogP contribution is 2.43. The minimum absolute atomic E-state index is 0.0195. The predicted molar refractivity (Wildman–Crippen MR) is 105 cm³/mol. The van der Waals surface area contributed by atoms with E-state index in [4.69, 9.17) is 32.7 Å². The molecule has 0 saturated carbocycles. The Balaban J connectivity index is 2.35. The van der Waals surface area contributed by atoms with Gasteiger partial charge < -0.3 is 9.47 Å². The third kappa shape index (κ3) is 7.69. The number of esters is 1. The normalized spacial score (nSPS) is 12.0. The Morgan fingerprint density at radius 1 is 1.03 bits per heavy atom. The van der Waals surface area contributed by atoms with Crippen molar-refractivity contribution in [2.24, 2.45) is 0 Å². The smallest absolute Gasteiger partial charge is 0.446 e. The molecule has 0 aromatic heterocycles. The second-order valence-corrected chi connectivity index (χ2v) is 7.91. The van der Waals surface area contributed by atoms with E-state index in [9.17, 15) is 31.1 Å². The monoisotopic (exact) mass is 506 g/mol. The number of hydrogen-bond acceptors (Lipinski definition) is 4. The Hall–Kier alpha value is -1.78. The Morgan fingerprint density at radius 3 is 2.16 bits per heavy atom. The second kappa shape index (κ2) is 10.2. The lowest BCUT2D eigenvalue weighted by Crippen LogP contribution is -2.07. The van der Waals surface area contributed by atoms with Crippen LogP contribution in [0.5, 0.6) is 11.5 Å². The minimum atomic E-state index is -4.68. The molecular formula is C19H14Cl2F6O3S. The fourth-order valence-corrected chi connectivity index (χ4v) is 3.69. The van der Waals surface area contributed by atoms with Gasteiger partial charge in [-0.15, -0.1) is 0 Å². The van der Waals surface area contributed by atoms with Crippen LogP contribution in [-0.4, -0.2) is 18.1 Å². The number of carbonyl (C=O) groups excluding carboxylic acids is 1. The van der Waals surface area contributed by atoms with E-state index in [-0.39, 0.29) is 53.2 Å². The minimum Gasteiger partial charge on any atom is -0.466 e. The number of hydrogen-bond donors (Lipinski definition) is 0. The molecule has 0 N–H and O–H groups in total. The SMILES string of the molecule is CCOC(=O)CCc1cc(Oc2c(Cl)cc(C(F)(F)F)cc2Cl)ccc1SC(F)(F)F.